The van der Waals surface area contributed by atoms with E-state index in [1.807, 2.05) is 19.9 Å². The summed E-state index contributed by atoms with van der Waals surface area (Å²) in [6.07, 6.45) is 0. The van der Waals surface area contributed by atoms with E-state index in [0.29, 0.717) is 5.75 Å². The Morgan fingerprint density at radius 2 is 2.00 bits per heavy atom. The highest BCUT2D eigenvalue weighted by Gasteiger charge is 2.08. The fourth-order valence-electron chi connectivity index (χ4n) is 1.31. The van der Waals surface area contributed by atoms with Gasteiger partial charge in [-0.3, -0.25) is 4.79 Å². The van der Waals surface area contributed by atoms with Crippen LogP contribution < -0.4 is 4.74 Å². The van der Waals surface area contributed by atoms with Crippen molar-refractivity contribution in [3.63, 3.8) is 0 Å². The molecule has 0 aliphatic rings. The summed E-state index contributed by atoms with van der Waals surface area (Å²) < 4.78 is 5.00. The van der Waals surface area contributed by atoms with Crippen LogP contribution in [0.5, 0.6) is 5.75 Å². The number of hydrogen-bond donors (Lipinski definition) is 1. The van der Waals surface area contributed by atoms with Crippen LogP contribution >= 0.6 is 0 Å². The number of aliphatic hydroxyl groups excluding tert-OH is 1. The number of esters is 1. The minimum absolute atomic E-state index is 0.00294. The van der Waals surface area contributed by atoms with Crippen LogP contribution in [0.2, 0.25) is 0 Å². The van der Waals surface area contributed by atoms with Crippen molar-refractivity contribution in [3.05, 3.63) is 35.2 Å². The lowest BCUT2D eigenvalue weighted by atomic mass is 10.00. The van der Waals surface area contributed by atoms with E-state index in [2.05, 4.69) is 0 Å². The topological polar surface area (TPSA) is 46.5 Å². The molecule has 0 fully saturated rings. The predicted molar refractivity (Wildman–Crippen MR) is 57.6 cm³/mol. The van der Waals surface area contributed by atoms with Crippen molar-refractivity contribution in [1.82, 2.24) is 0 Å². The van der Waals surface area contributed by atoms with E-state index >= 15 is 0 Å². The van der Waals surface area contributed by atoms with Crippen molar-refractivity contribution in [2.24, 2.45) is 0 Å². The van der Waals surface area contributed by atoms with Gasteiger partial charge in [0, 0.05) is 12.8 Å². The zero-order valence-electron chi connectivity index (χ0n) is 9.20. The van der Waals surface area contributed by atoms with Crippen molar-refractivity contribution in [3.8, 4) is 5.75 Å². The Morgan fingerprint density at radius 3 is 2.53 bits per heavy atom. The fraction of sp³-hybridized carbons (Fsp3) is 0.333. The molecule has 0 atom stereocenters. The first-order valence-corrected chi connectivity index (χ1v) is 4.76. The summed E-state index contributed by atoms with van der Waals surface area (Å²) in [5.41, 5.74) is 1.89. The van der Waals surface area contributed by atoms with E-state index in [-0.39, 0.29) is 12.6 Å². The number of benzene rings is 1. The number of ether oxygens (including phenoxy) is 1. The van der Waals surface area contributed by atoms with Gasteiger partial charge in [-0.1, -0.05) is 13.0 Å². The average molecular weight is 207 g/mol. The molecule has 0 aliphatic carbocycles. The first-order valence-electron chi connectivity index (χ1n) is 4.76. The molecule has 0 aliphatic heterocycles. The van der Waals surface area contributed by atoms with E-state index in [9.17, 15) is 4.79 Å². The third-order valence-corrected chi connectivity index (χ3v) is 2.04. The Hall–Kier alpha value is -1.35. The predicted octanol–water partition coefficient (Wildman–Crippen LogP) is 1.86. The van der Waals surface area contributed by atoms with Crippen LogP contribution in [-0.4, -0.2) is 17.7 Å². The average Bonchev–Trinajstić information content (AvgIpc) is 2.14. The lowest BCUT2D eigenvalue weighted by molar-refractivity contribution is -0.131. The van der Waals surface area contributed by atoms with Gasteiger partial charge in [0.05, 0.1) is 6.61 Å². The molecule has 0 saturated carbocycles. The summed E-state index contributed by atoms with van der Waals surface area (Å²) in [5, 5.41) is 9.01. The van der Waals surface area contributed by atoms with Crippen molar-refractivity contribution < 1.29 is 14.6 Å². The molecular weight excluding hydrogens is 192 g/mol. The molecule has 0 bridgehead atoms. The Morgan fingerprint density at radius 1 is 1.33 bits per heavy atom. The molecule has 1 aromatic rings. The molecule has 3 nitrogen and oxygen atoms in total. The van der Waals surface area contributed by atoms with E-state index in [1.165, 1.54) is 6.92 Å². The molecule has 0 spiro atoms. The smallest absolute Gasteiger partial charge is 0.308 e. The van der Waals surface area contributed by atoms with Crippen LogP contribution in [0.1, 0.15) is 25.0 Å². The van der Waals surface area contributed by atoms with Crippen LogP contribution in [0, 0.1) is 12.8 Å². The van der Waals surface area contributed by atoms with Gasteiger partial charge in [-0.2, -0.15) is 0 Å². The van der Waals surface area contributed by atoms with Gasteiger partial charge in [0.2, 0.25) is 0 Å². The summed E-state index contributed by atoms with van der Waals surface area (Å²) >= 11 is 0. The molecular formula is C12H15O3. The molecule has 0 unspecified atom stereocenters. The van der Waals surface area contributed by atoms with Gasteiger partial charge in [-0.05, 0) is 30.2 Å². The number of carbonyl (C=O) groups is 1. The Labute approximate surface area is 89.7 Å². The van der Waals surface area contributed by atoms with E-state index in [1.54, 1.807) is 12.1 Å². The third-order valence-electron chi connectivity index (χ3n) is 2.04. The molecule has 1 rings (SSSR count). The van der Waals surface area contributed by atoms with Crippen LogP contribution in [-0.2, 0) is 4.79 Å². The fourth-order valence-corrected chi connectivity index (χ4v) is 1.31. The van der Waals surface area contributed by atoms with Crippen molar-refractivity contribution in [2.75, 3.05) is 6.61 Å². The second-order valence-corrected chi connectivity index (χ2v) is 3.57. The monoisotopic (exact) mass is 207 g/mol. The maximum atomic E-state index is 10.8. The van der Waals surface area contributed by atoms with Gasteiger partial charge in [0.15, 0.2) is 0 Å². The zero-order valence-corrected chi connectivity index (χ0v) is 9.20. The van der Waals surface area contributed by atoms with Gasteiger partial charge in [0.1, 0.15) is 5.75 Å². The van der Waals surface area contributed by atoms with Gasteiger partial charge in [-0.25, -0.2) is 0 Å². The largest absolute Gasteiger partial charge is 0.427 e. The normalized spacial score (nSPS) is 10.5. The lowest BCUT2D eigenvalue weighted by Crippen LogP contribution is -2.04. The lowest BCUT2D eigenvalue weighted by Gasteiger charge is -2.11. The standard InChI is InChI=1S/C12H15O3/c1-8-4-11(9(2)7-13)6-12(5-8)15-10(3)14/h4-6,13H,7H2,1-3H3. The molecule has 1 radical (unpaired) electrons. The molecule has 81 valence electrons. The van der Waals surface area contributed by atoms with Gasteiger partial charge in [0.25, 0.3) is 0 Å². The highest BCUT2D eigenvalue weighted by Crippen LogP contribution is 2.22. The molecule has 1 N–H and O–H groups in total. The van der Waals surface area contributed by atoms with Gasteiger partial charge in [-0.15, -0.1) is 0 Å². The number of hydrogen-bond acceptors (Lipinski definition) is 3. The van der Waals surface area contributed by atoms with Crippen LogP contribution in [0.3, 0.4) is 0 Å². The van der Waals surface area contributed by atoms with Crippen LogP contribution in [0.25, 0.3) is 0 Å². The van der Waals surface area contributed by atoms with Gasteiger partial charge < -0.3 is 9.84 Å². The summed E-state index contributed by atoms with van der Waals surface area (Å²) in [4.78, 5) is 10.8. The van der Waals surface area contributed by atoms with Crippen LogP contribution in [0.4, 0.5) is 0 Å². The molecule has 0 saturated heterocycles. The maximum Gasteiger partial charge on any atom is 0.308 e. The summed E-state index contributed by atoms with van der Waals surface area (Å²) in [6.45, 7) is 5.13. The number of aliphatic hydroxyl groups is 1. The Bertz CT molecular complexity index is 358. The quantitative estimate of drug-likeness (QED) is 0.607. The molecule has 15 heavy (non-hydrogen) atoms. The molecule has 1 aromatic carbocycles. The highest BCUT2D eigenvalue weighted by atomic mass is 16.5. The minimum atomic E-state index is -0.340. The molecule has 3 heteroatoms. The van der Waals surface area contributed by atoms with E-state index < -0.39 is 0 Å². The zero-order chi connectivity index (χ0) is 11.4. The Balaban J connectivity index is 2.99. The maximum absolute atomic E-state index is 10.8. The van der Waals surface area contributed by atoms with Crippen molar-refractivity contribution in [2.45, 2.75) is 20.8 Å². The Kier molecular flexibility index (Phi) is 3.86. The van der Waals surface area contributed by atoms with Crippen molar-refractivity contribution in [1.29, 1.82) is 0 Å². The summed E-state index contributed by atoms with van der Waals surface area (Å²) in [7, 11) is 0. The number of rotatable bonds is 3. The number of aryl methyl sites for hydroxylation is 1. The molecule has 0 heterocycles. The summed E-state index contributed by atoms with van der Waals surface area (Å²) in [5.74, 6) is 1.03. The highest BCUT2D eigenvalue weighted by molar-refractivity contribution is 5.69. The van der Waals surface area contributed by atoms with E-state index in [4.69, 9.17) is 9.84 Å². The molecule has 0 aromatic heterocycles. The first kappa shape index (κ1) is 11.7. The first-order chi connectivity index (χ1) is 7.02. The second kappa shape index (κ2) is 4.94. The minimum Gasteiger partial charge on any atom is -0.427 e. The van der Waals surface area contributed by atoms with Crippen molar-refractivity contribution >= 4 is 5.97 Å². The van der Waals surface area contributed by atoms with Crippen LogP contribution in [0.15, 0.2) is 18.2 Å². The number of carbonyl (C=O) groups excluding carboxylic acids is 1. The second-order valence-electron chi connectivity index (χ2n) is 3.57. The summed E-state index contributed by atoms with van der Waals surface area (Å²) in [6, 6.07) is 5.48. The molecule has 0 amide bonds. The van der Waals surface area contributed by atoms with E-state index in [0.717, 1.165) is 17.0 Å². The SMILES string of the molecule is C[C](CO)c1cc(C)cc(OC(C)=O)c1. The van der Waals surface area contributed by atoms with Gasteiger partial charge >= 0.3 is 5.97 Å². The third kappa shape index (κ3) is 3.36.